The van der Waals surface area contributed by atoms with Crippen LogP contribution in [-0.4, -0.2) is 6.54 Å². The van der Waals surface area contributed by atoms with E-state index in [2.05, 4.69) is 29.3 Å². The molecule has 1 aromatic carbocycles. The van der Waals surface area contributed by atoms with Crippen molar-refractivity contribution >= 4 is 5.69 Å². The van der Waals surface area contributed by atoms with Gasteiger partial charge in [0, 0.05) is 0 Å². The van der Waals surface area contributed by atoms with Gasteiger partial charge in [0.2, 0.25) is 0 Å². The Morgan fingerprint density at radius 2 is 2.00 bits per heavy atom. The maximum absolute atomic E-state index is 2.99. The first-order valence-electron chi connectivity index (χ1n) is 3.71. The van der Waals surface area contributed by atoms with Gasteiger partial charge in [-0.2, -0.15) is 0 Å². The molecule has 1 heteroatoms. The molecule has 0 atom stereocenters. The van der Waals surface area contributed by atoms with Gasteiger partial charge in [0.1, 0.15) is 12.2 Å². The second kappa shape index (κ2) is 4.54. The minimum absolute atomic E-state index is 0.848. The Balaban J connectivity index is 2.43. The molecule has 0 fully saturated rings. The van der Waals surface area contributed by atoms with Gasteiger partial charge in [-0.1, -0.05) is 18.2 Å². The molecule has 0 unspecified atom stereocenters. The average molecular weight is 146 g/mol. The monoisotopic (exact) mass is 146 g/mol. The quantitative estimate of drug-likeness (QED) is 0.471. The molecule has 2 N–H and O–H groups in total. The van der Waals surface area contributed by atoms with Gasteiger partial charge in [0.25, 0.3) is 0 Å². The lowest BCUT2D eigenvalue weighted by Crippen LogP contribution is -2.77. The maximum Gasteiger partial charge on any atom is 0.142 e. The van der Waals surface area contributed by atoms with Crippen LogP contribution in [0, 0.1) is 11.8 Å². The van der Waals surface area contributed by atoms with Crippen LogP contribution >= 0.6 is 0 Å². The molecule has 0 spiro atoms. The van der Waals surface area contributed by atoms with E-state index in [1.165, 1.54) is 5.69 Å². The van der Waals surface area contributed by atoms with E-state index in [4.69, 9.17) is 0 Å². The number of hydrogen-bond donors (Lipinski definition) is 1. The van der Waals surface area contributed by atoms with Gasteiger partial charge in [-0.15, -0.1) is 5.92 Å². The Morgan fingerprint density at radius 3 is 2.64 bits per heavy atom. The third-order valence-electron chi connectivity index (χ3n) is 1.42. The average Bonchev–Trinajstić information content (AvgIpc) is 2.07. The number of hydrogen-bond acceptors (Lipinski definition) is 0. The molecule has 0 amide bonds. The first kappa shape index (κ1) is 7.84. The largest absolute Gasteiger partial charge is 0.304 e. The zero-order valence-corrected chi connectivity index (χ0v) is 6.67. The van der Waals surface area contributed by atoms with Crippen molar-refractivity contribution < 1.29 is 5.32 Å². The summed E-state index contributed by atoms with van der Waals surface area (Å²) in [4.78, 5) is 0. The minimum Gasteiger partial charge on any atom is -0.304 e. The van der Waals surface area contributed by atoms with Crippen LogP contribution in [0.25, 0.3) is 0 Å². The van der Waals surface area contributed by atoms with Gasteiger partial charge >= 0.3 is 0 Å². The highest BCUT2D eigenvalue weighted by Crippen LogP contribution is 1.95. The normalized spacial score (nSPS) is 8.45. The van der Waals surface area contributed by atoms with E-state index in [0.29, 0.717) is 0 Å². The van der Waals surface area contributed by atoms with E-state index in [1.54, 1.807) is 0 Å². The van der Waals surface area contributed by atoms with E-state index in [0.717, 1.165) is 6.54 Å². The molecule has 0 saturated heterocycles. The van der Waals surface area contributed by atoms with Crippen LogP contribution in [0.3, 0.4) is 0 Å². The molecule has 56 valence electrons. The van der Waals surface area contributed by atoms with Crippen molar-refractivity contribution in [3.8, 4) is 11.8 Å². The Bertz CT molecular complexity index is 253. The summed E-state index contributed by atoms with van der Waals surface area (Å²) < 4.78 is 0. The molecule has 0 heterocycles. The van der Waals surface area contributed by atoms with Crippen molar-refractivity contribution in [2.75, 3.05) is 6.54 Å². The fourth-order valence-electron chi connectivity index (χ4n) is 0.860. The lowest BCUT2D eigenvalue weighted by Gasteiger charge is -1.93. The summed E-state index contributed by atoms with van der Waals surface area (Å²) in [6, 6.07) is 10.2. The fraction of sp³-hybridized carbons (Fsp3) is 0.200. The van der Waals surface area contributed by atoms with Crippen molar-refractivity contribution in [3.63, 3.8) is 0 Å². The molecular weight excluding hydrogens is 134 g/mol. The smallest absolute Gasteiger partial charge is 0.142 e. The van der Waals surface area contributed by atoms with E-state index in [9.17, 15) is 0 Å². The summed E-state index contributed by atoms with van der Waals surface area (Å²) in [6.45, 7) is 2.71. The van der Waals surface area contributed by atoms with Crippen LogP contribution in [0.5, 0.6) is 0 Å². The number of quaternary nitrogens is 1. The fourth-order valence-corrected chi connectivity index (χ4v) is 0.860. The molecule has 1 aromatic rings. The van der Waals surface area contributed by atoms with Gasteiger partial charge < -0.3 is 5.32 Å². The van der Waals surface area contributed by atoms with Crippen molar-refractivity contribution in [1.29, 1.82) is 0 Å². The standard InChI is InChI=1S/C10H11N/c1-2-3-9-11-10-7-5-4-6-8-10/h4-8,11H,9H2,1H3/p+1. The predicted molar refractivity (Wildman–Crippen MR) is 46.3 cm³/mol. The van der Waals surface area contributed by atoms with E-state index < -0.39 is 0 Å². The van der Waals surface area contributed by atoms with Crippen molar-refractivity contribution in [1.82, 2.24) is 0 Å². The Kier molecular flexibility index (Phi) is 3.24. The van der Waals surface area contributed by atoms with Gasteiger partial charge in [0.15, 0.2) is 0 Å². The second-order valence-corrected chi connectivity index (χ2v) is 2.25. The molecular formula is C10H12N+. The summed E-state index contributed by atoms with van der Waals surface area (Å²) in [5, 5.41) is 2.12. The molecule has 0 aliphatic heterocycles. The lowest BCUT2D eigenvalue weighted by molar-refractivity contribution is -0.558. The molecule has 0 aliphatic carbocycles. The van der Waals surface area contributed by atoms with E-state index >= 15 is 0 Å². The first-order chi connectivity index (χ1) is 5.43. The first-order valence-corrected chi connectivity index (χ1v) is 3.71. The molecule has 0 radical (unpaired) electrons. The summed E-state index contributed by atoms with van der Waals surface area (Å²) in [6.07, 6.45) is 0. The van der Waals surface area contributed by atoms with Gasteiger partial charge in [0.05, 0.1) is 0 Å². The molecule has 1 rings (SSSR count). The van der Waals surface area contributed by atoms with E-state index in [1.807, 2.05) is 25.1 Å². The summed E-state index contributed by atoms with van der Waals surface area (Å²) in [5.41, 5.74) is 1.25. The van der Waals surface area contributed by atoms with Gasteiger partial charge in [-0.05, 0) is 25.0 Å². The van der Waals surface area contributed by atoms with Crippen LogP contribution in [0.1, 0.15) is 6.92 Å². The summed E-state index contributed by atoms with van der Waals surface area (Å²) >= 11 is 0. The highest BCUT2D eigenvalue weighted by Gasteiger charge is 1.89. The number of rotatable bonds is 2. The maximum atomic E-state index is 2.99. The predicted octanol–water partition coefficient (Wildman–Crippen LogP) is 0.905. The summed E-state index contributed by atoms with van der Waals surface area (Å²) in [7, 11) is 0. The number of benzene rings is 1. The zero-order valence-electron chi connectivity index (χ0n) is 6.67. The molecule has 0 aliphatic rings. The third-order valence-corrected chi connectivity index (χ3v) is 1.42. The van der Waals surface area contributed by atoms with Crippen molar-refractivity contribution in [2.24, 2.45) is 0 Å². The molecule has 11 heavy (non-hydrogen) atoms. The highest BCUT2D eigenvalue weighted by molar-refractivity contribution is 5.27. The van der Waals surface area contributed by atoms with Crippen LogP contribution < -0.4 is 5.32 Å². The Labute approximate surface area is 67.4 Å². The molecule has 0 bridgehead atoms. The Hall–Kier alpha value is -1.26. The number of para-hydroxylation sites is 1. The molecule has 0 saturated carbocycles. The zero-order chi connectivity index (χ0) is 7.94. The van der Waals surface area contributed by atoms with Crippen LogP contribution in [0.4, 0.5) is 5.69 Å². The summed E-state index contributed by atoms with van der Waals surface area (Å²) in [5.74, 6) is 5.85. The second-order valence-electron chi connectivity index (χ2n) is 2.25. The SMILES string of the molecule is CC#CC[NH2+]c1ccccc1. The number of nitrogens with two attached hydrogens (primary N) is 1. The van der Waals surface area contributed by atoms with Crippen LogP contribution in [-0.2, 0) is 0 Å². The minimum atomic E-state index is 0.848. The van der Waals surface area contributed by atoms with E-state index in [-0.39, 0.29) is 0 Å². The van der Waals surface area contributed by atoms with Gasteiger partial charge in [-0.3, -0.25) is 0 Å². The Morgan fingerprint density at radius 1 is 1.27 bits per heavy atom. The van der Waals surface area contributed by atoms with Crippen molar-refractivity contribution in [2.45, 2.75) is 6.92 Å². The highest BCUT2D eigenvalue weighted by atomic mass is 14.8. The molecule has 1 nitrogen and oxygen atoms in total. The molecule has 0 aromatic heterocycles. The van der Waals surface area contributed by atoms with Crippen molar-refractivity contribution in [3.05, 3.63) is 30.3 Å². The third kappa shape index (κ3) is 2.88. The van der Waals surface area contributed by atoms with Crippen LogP contribution in [0.2, 0.25) is 0 Å². The van der Waals surface area contributed by atoms with Gasteiger partial charge in [-0.25, -0.2) is 0 Å². The lowest BCUT2D eigenvalue weighted by atomic mass is 10.3. The van der Waals surface area contributed by atoms with Crippen LogP contribution in [0.15, 0.2) is 30.3 Å². The topological polar surface area (TPSA) is 16.6 Å².